The summed E-state index contributed by atoms with van der Waals surface area (Å²) < 4.78 is 25.7. The maximum absolute atomic E-state index is 12.1. The van der Waals surface area contributed by atoms with Gasteiger partial charge in [-0.15, -0.1) is 0 Å². The van der Waals surface area contributed by atoms with Crippen molar-refractivity contribution in [3.8, 4) is 51.9 Å². The van der Waals surface area contributed by atoms with Crippen molar-refractivity contribution in [3.63, 3.8) is 0 Å². The highest BCUT2D eigenvalue weighted by molar-refractivity contribution is 5.83. The lowest BCUT2D eigenvalue weighted by Crippen LogP contribution is -2.34. The van der Waals surface area contributed by atoms with E-state index in [0.29, 0.717) is 47.3 Å². The molecule has 286 valence electrons. The summed E-state index contributed by atoms with van der Waals surface area (Å²) in [6.07, 6.45) is 16.3. The van der Waals surface area contributed by atoms with Crippen LogP contribution in [-0.2, 0) is 19.3 Å². The van der Waals surface area contributed by atoms with Gasteiger partial charge < -0.3 is 34.3 Å². The van der Waals surface area contributed by atoms with Gasteiger partial charge in [-0.3, -0.25) is 0 Å². The van der Waals surface area contributed by atoms with Crippen molar-refractivity contribution in [3.05, 3.63) is 76.4 Å². The molecule has 0 bridgehead atoms. The largest absolute Gasteiger partial charge is 0.508 e. The summed E-state index contributed by atoms with van der Waals surface area (Å²) in [5.41, 5.74) is 7.25. The molecule has 5 aliphatic rings. The number of benzene rings is 3. The SMILES string of the molecule is CCC1CC(C2Cc3cc(O)c(CC(C)C)cc3-c3c(OC)cc4c(c32)CC(O)C(c2ccc3c(c2)OC2CCCCC2CC#CO3)O4)C=CC1CCO. The van der Waals surface area contributed by atoms with Gasteiger partial charge in [0.25, 0.3) is 0 Å². The molecule has 8 atom stereocenters. The number of allylic oxidation sites excluding steroid dienone is 2. The molecule has 7 nitrogen and oxygen atoms in total. The highest BCUT2D eigenvalue weighted by Gasteiger charge is 2.42. The molecule has 3 N–H and O–H groups in total. The van der Waals surface area contributed by atoms with Crippen LogP contribution in [0.5, 0.6) is 28.7 Å². The summed E-state index contributed by atoms with van der Waals surface area (Å²) in [6, 6.07) is 12.0. The first-order valence-electron chi connectivity index (χ1n) is 20.4. The topological polar surface area (TPSA) is 97.6 Å². The fourth-order valence-corrected chi connectivity index (χ4v) is 10.2. The molecule has 3 aromatic carbocycles. The van der Waals surface area contributed by atoms with E-state index in [-0.39, 0.29) is 24.5 Å². The summed E-state index contributed by atoms with van der Waals surface area (Å²) in [6.45, 7) is 6.78. The van der Waals surface area contributed by atoms with Crippen LogP contribution in [-0.4, -0.2) is 41.2 Å². The second-order valence-electron chi connectivity index (χ2n) is 16.8. The summed E-state index contributed by atoms with van der Waals surface area (Å²) in [4.78, 5) is 0. The fourth-order valence-electron chi connectivity index (χ4n) is 10.2. The minimum absolute atomic E-state index is 0.0836. The van der Waals surface area contributed by atoms with Crippen molar-refractivity contribution in [2.45, 2.75) is 116 Å². The maximum atomic E-state index is 12.1. The van der Waals surface area contributed by atoms with Gasteiger partial charge in [-0.25, -0.2) is 0 Å². The number of ether oxygens (including phenoxy) is 4. The Labute approximate surface area is 320 Å². The second-order valence-corrected chi connectivity index (χ2v) is 16.8. The van der Waals surface area contributed by atoms with Gasteiger partial charge in [0.2, 0.25) is 0 Å². The van der Waals surface area contributed by atoms with Crippen molar-refractivity contribution in [1.82, 2.24) is 0 Å². The fraction of sp³-hybridized carbons (Fsp3) is 0.532. The third-order valence-corrected chi connectivity index (χ3v) is 13.0. The van der Waals surface area contributed by atoms with E-state index in [9.17, 15) is 15.3 Å². The zero-order chi connectivity index (χ0) is 37.5. The van der Waals surface area contributed by atoms with E-state index in [1.54, 1.807) is 7.11 Å². The number of phenols is 1. The van der Waals surface area contributed by atoms with Crippen molar-refractivity contribution < 1.29 is 34.3 Å². The lowest BCUT2D eigenvalue weighted by atomic mass is 9.65. The lowest BCUT2D eigenvalue weighted by Gasteiger charge is -2.42. The molecular weight excluding hydrogens is 677 g/mol. The van der Waals surface area contributed by atoms with Gasteiger partial charge in [0.05, 0.1) is 13.2 Å². The van der Waals surface area contributed by atoms with Crippen molar-refractivity contribution in [2.75, 3.05) is 13.7 Å². The van der Waals surface area contributed by atoms with Gasteiger partial charge in [0, 0.05) is 42.6 Å². The van der Waals surface area contributed by atoms with Crippen LogP contribution in [0.3, 0.4) is 0 Å². The van der Waals surface area contributed by atoms with Gasteiger partial charge in [0.15, 0.2) is 11.5 Å². The normalized spacial score (nSPS) is 28.1. The minimum atomic E-state index is -0.801. The average molecular weight is 733 g/mol. The molecule has 0 radical (unpaired) electrons. The molecule has 0 spiro atoms. The molecule has 3 aromatic rings. The van der Waals surface area contributed by atoms with Crippen LogP contribution in [0, 0.1) is 41.6 Å². The zero-order valence-electron chi connectivity index (χ0n) is 32.3. The number of hydrogen-bond donors (Lipinski definition) is 3. The first-order valence-corrected chi connectivity index (χ1v) is 20.4. The average Bonchev–Trinajstić information content (AvgIpc) is 3.26. The van der Waals surface area contributed by atoms with E-state index >= 15 is 0 Å². The van der Waals surface area contributed by atoms with Gasteiger partial charge in [-0.1, -0.05) is 57.8 Å². The summed E-state index contributed by atoms with van der Waals surface area (Å²) in [5, 5.41) is 33.1. The summed E-state index contributed by atoms with van der Waals surface area (Å²) in [5.74, 6) is 8.19. The molecule has 1 fully saturated rings. The Hall–Kier alpha value is -4.12. The summed E-state index contributed by atoms with van der Waals surface area (Å²) in [7, 11) is 1.72. The molecule has 7 heteroatoms. The third-order valence-electron chi connectivity index (χ3n) is 13.0. The minimum Gasteiger partial charge on any atom is -0.508 e. The smallest absolute Gasteiger partial charge is 0.182 e. The highest BCUT2D eigenvalue weighted by atomic mass is 16.5. The Balaban J connectivity index is 1.21. The maximum Gasteiger partial charge on any atom is 0.182 e. The number of aliphatic hydroxyl groups is 2. The molecule has 54 heavy (non-hydrogen) atoms. The first kappa shape index (κ1) is 36.8. The van der Waals surface area contributed by atoms with Gasteiger partial charge >= 0.3 is 0 Å². The molecule has 0 amide bonds. The zero-order valence-corrected chi connectivity index (χ0v) is 32.3. The molecule has 1 saturated carbocycles. The van der Waals surface area contributed by atoms with Crippen molar-refractivity contribution >= 4 is 0 Å². The molecule has 0 saturated heterocycles. The van der Waals surface area contributed by atoms with Crippen LogP contribution < -0.4 is 18.9 Å². The van der Waals surface area contributed by atoms with Gasteiger partial charge in [-0.2, -0.15) is 0 Å². The molecular formula is C47H56O7. The van der Waals surface area contributed by atoms with E-state index in [1.807, 2.05) is 30.3 Å². The standard InChI is InChI=1S/C47H56O7/c1-5-28-20-31(13-12-29(28)16-17-48)35-21-33-23-38(49)34(19-27(2)3)22-36(33)46-44(51-4)26-42-37(45(35)46)25-39(50)47(54-42)32-14-15-41-43(24-32)53-40-11-7-6-9-30(40)10-8-18-52-41/h12-15,22-24,26-31,35,39-40,47-50H,5-7,9-11,16-17,19-21,25H2,1-4H3. The van der Waals surface area contributed by atoms with E-state index in [1.165, 1.54) is 12.0 Å². The van der Waals surface area contributed by atoms with E-state index in [4.69, 9.17) is 18.9 Å². The predicted octanol–water partition coefficient (Wildman–Crippen LogP) is 9.22. The Morgan fingerprint density at radius 1 is 0.981 bits per heavy atom. The Morgan fingerprint density at radius 2 is 1.83 bits per heavy atom. The molecule has 2 aliphatic heterocycles. The highest BCUT2D eigenvalue weighted by Crippen LogP contribution is 2.56. The molecule has 0 aromatic heterocycles. The van der Waals surface area contributed by atoms with Crippen LogP contribution in [0.4, 0.5) is 0 Å². The Bertz CT molecular complexity index is 1950. The van der Waals surface area contributed by atoms with Crippen molar-refractivity contribution in [2.24, 2.45) is 29.6 Å². The van der Waals surface area contributed by atoms with E-state index < -0.39 is 12.2 Å². The first-order chi connectivity index (χ1) is 26.3. The van der Waals surface area contributed by atoms with Gasteiger partial charge in [0.1, 0.15) is 35.6 Å². The third kappa shape index (κ3) is 6.97. The molecule has 3 aliphatic carbocycles. The van der Waals surface area contributed by atoms with Crippen LogP contribution >= 0.6 is 0 Å². The van der Waals surface area contributed by atoms with E-state index in [2.05, 4.69) is 51.0 Å². The number of aromatic hydroxyl groups is 1. The molecule has 8 rings (SSSR count). The number of hydrogen-bond acceptors (Lipinski definition) is 7. The van der Waals surface area contributed by atoms with Crippen LogP contribution in [0.1, 0.15) is 112 Å². The van der Waals surface area contributed by atoms with E-state index in [0.717, 1.165) is 103 Å². The summed E-state index contributed by atoms with van der Waals surface area (Å²) >= 11 is 0. The van der Waals surface area contributed by atoms with Gasteiger partial charge in [-0.05, 0) is 127 Å². The number of phenolic OH excluding ortho intramolecular Hbond substituents is 1. The predicted molar refractivity (Wildman–Crippen MR) is 210 cm³/mol. The monoisotopic (exact) mass is 732 g/mol. The number of rotatable bonds is 8. The molecule has 2 heterocycles. The lowest BCUT2D eigenvalue weighted by molar-refractivity contribution is 0.0197. The number of methoxy groups -OCH3 is 1. The quantitative estimate of drug-likeness (QED) is 0.157. The Morgan fingerprint density at radius 3 is 2.63 bits per heavy atom. The number of fused-ring (bicyclic) bond motifs is 7. The Kier molecular flexibility index (Phi) is 10.6. The van der Waals surface area contributed by atoms with Crippen LogP contribution in [0.25, 0.3) is 11.1 Å². The van der Waals surface area contributed by atoms with Crippen LogP contribution in [0.2, 0.25) is 0 Å². The number of aliphatic hydroxyl groups excluding tert-OH is 2. The van der Waals surface area contributed by atoms with Crippen LogP contribution in [0.15, 0.2) is 48.6 Å². The molecule has 8 unspecified atom stereocenters. The second kappa shape index (κ2) is 15.6. The van der Waals surface area contributed by atoms with Crippen molar-refractivity contribution in [1.29, 1.82) is 0 Å².